The molecule has 10 heteroatoms. The monoisotopic (exact) mass is 479 g/mol. The number of halogens is 3. The number of benzene rings is 1. The minimum Gasteiger partial charge on any atom is -0.368 e. The lowest BCUT2D eigenvalue weighted by atomic mass is 9.75. The molecule has 1 saturated heterocycles. The Morgan fingerprint density at radius 2 is 1.65 bits per heavy atom. The normalized spacial score (nSPS) is 24.6. The molecule has 0 aromatic heterocycles. The summed E-state index contributed by atoms with van der Waals surface area (Å²) in [4.78, 5) is 45.0. The van der Waals surface area contributed by atoms with E-state index in [1.54, 1.807) is 10.4 Å². The lowest BCUT2D eigenvalue weighted by molar-refractivity contribution is -0.208. The molecule has 1 N–H and O–H groups in total. The Balaban J connectivity index is 1.41. The van der Waals surface area contributed by atoms with Crippen LogP contribution in [-0.4, -0.2) is 55.0 Å². The fourth-order valence-electron chi connectivity index (χ4n) is 4.68. The van der Waals surface area contributed by atoms with Gasteiger partial charge in [-0.3, -0.25) is 9.59 Å². The van der Waals surface area contributed by atoms with Crippen molar-refractivity contribution in [2.24, 2.45) is 17.8 Å². The fraction of sp³-hybridized carbons (Fsp3) is 0.542. The van der Waals surface area contributed by atoms with Gasteiger partial charge in [-0.15, -0.1) is 0 Å². The van der Waals surface area contributed by atoms with Crippen LogP contribution in [0.3, 0.4) is 0 Å². The second-order valence-corrected chi connectivity index (χ2v) is 9.12. The number of hydrogen-bond donors (Lipinski definition) is 1. The Kier molecular flexibility index (Phi) is 7.13. The summed E-state index contributed by atoms with van der Waals surface area (Å²) < 4.78 is 37.4. The number of hydrogen-bond acceptors (Lipinski definition) is 5. The molecule has 0 unspecified atom stereocenters. The van der Waals surface area contributed by atoms with Gasteiger partial charge in [0.15, 0.2) is 0 Å². The van der Waals surface area contributed by atoms with Crippen LogP contribution >= 0.6 is 0 Å². The first-order valence-electron chi connectivity index (χ1n) is 11.6. The predicted molar refractivity (Wildman–Crippen MR) is 117 cm³/mol. The van der Waals surface area contributed by atoms with Gasteiger partial charge in [0.25, 0.3) is 5.91 Å². The topological polar surface area (TPSA) is 78.9 Å². The summed E-state index contributed by atoms with van der Waals surface area (Å²) in [6.45, 7) is 2.28. The van der Waals surface area contributed by atoms with Crippen molar-refractivity contribution in [1.82, 2.24) is 10.4 Å². The van der Waals surface area contributed by atoms with E-state index >= 15 is 0 Å². The Morgan fingerprint density at radius 1 is 0.971 bits per heavy atom. The molecular formula is C24H28F3N3O4. The molecule has 1 aromatic rings. The quantitative estimate of drug-likeness (QED) is 0.530. The van der Waals surface area contributed by atoms with Crippen molar-refractivity contribution >= 4 is 23.5 Å². The standard InChI is InChI=1S/C24H28F3N3O4/c25-24(26,27)23(33)34-28-21(31)20-15-17(14-16-6-7-16)8-9-19(20)22(32)30-12-10-29(11-13-30)18-4-2-1-3-5-18/h1-5,14,16,19-20H,6-13,15H2,(H,28,31)/t19-,20-/m0/s1. The molecule has 2 aliphatic carbocycles. The molecule has 1 aliphatic heterocycles. The highest BCUT2D eigenvalue weighted by molar-refractivity contribution is 5.89. The van der Waals surface area contributed by atoms with Crippen LogP contribution in [0.25, 0.3) is 0 Å². The second kappa shape index (κ2) is 10.1. The van der Waals surface area contributed by atoms with Gasteiger partial charge in [-0.2, -0.15) is 18.7 Å². The van der Waals surface area contributed by atoms with E-state index in [0.29, 0.717) is 44.9 Å². The molecule has 3 fully saturated rings. The molecule has 7 nitrogen and oxygen atoms in total. The number of amides is 2. The van der Waals surface area contributed by atoms with Crippen molar-refractivity contribution in [3.8, 4) is 0 Å². The van der Waals surface area contributed by atoms with E-state index in [9.17, 15) is 27.6 Å². The number of carbonyl (C=O) groups excluding carboxylic acids is 3. The summed E-state index contributed by atoms with van der Waals surface area (Å²) >= 11 is 0. The lowest BCUT2D eigenvalue weighted by Gasteiger charge is -2.40. The zero-order valence-electron chi connectivity index (χ0n) is 18.7. The number of piperazine rings is 1. The number of hydroxylamine groups is 1. The van der Waals surface area contributed by atoms with E-state index in [2.05, 4.69) is 15.8 Å². The highest BCUT2D eigenvalue weighted by Crippen LogP contribution is 2.39. The van der Waals surface area contributed by atoms with Crippen LogP contribution in [0.4, 0.5) is 18.9 Å². The summed E-state index contributed by atoms with van der Waals surface area (Å²) in [5, 5.41) is 0. The van der Waals surface area contributed by atoms with Gasteiger partial charge in [0, 0.05) is 31.9 Å². The average Bonchev–Trinajstić information content (AvgIpc) is 3.66. The average molecular weight is 479 g/mol. The summed E-state index contributed by atoms with van der Waals surface area (Å²) in [7, 11) is 0. The first-order valence-corrected chi connectivity index (χ1v) is 11.6. The molecule has 2 saturated carbocycles. The van der Waals surface area contributed by atoms with Crippen LogP contribution in [0.15, 0.2) is 42.0 Å². The van der Waals surface area contributed by atoms with Crippen molar-refractivity contribution in [1.29, 1.82) is 0 Å². The number of nitrogens with zero attached hydrogens (tertiary/aromatic N) is 2. The number of anilines is 1. The van der Waals surface area contributed by atoms with Gasteiger partial charge < -0.3 is 14.6 Å². The number of nitrogens with one attached hydrogen (secondary N) is 1. The third-order valence-corrected chi connectivity index (χ3v) is 6.68. The van der Waals surface area contributed by atoms with Crippen molar-refractivity contribution in [2.45, 2.75) is 38.3 Å². The third kappa shape index (κ3) is 5.90. The van der Waals surface area contributed by atoms with E-state index in [1.807, 2.05) is 30.3 Å². The minimum atomic E-state index is -5.22. The number of alkyl halides is 3. The zero-order chi connectivity index (χ0) is 24.3. The molecule has 0 bridgehead atoms. The van der Waals surface area contributed by atoms with Gasteiger partial charge in [0.1, 0.15) is 0 Å². The molecule has 34 heavy (non-hydrogen) atoms. The molecular weight excluding hydrogens is 451 g/mol. The van der Waals surface area contributed by atoms with Gasteiger partial charge in [-0.05, 0) is 50.2 Å². The van der Waals surface area contributed by atoms with Crippen LogP contribution in [0.1, 0.15) is 32.1 Å². The number of allylic oxidation sites excluding steroid dienone is 2. The first kappa shape index (κ1) is 24.1. The summed E-state index contributed by atoms with van der Waals surface area (Å²) in [5.74, 6) is -4.64. The van der Waals surface area contributed by atoms with E-state index in [-0.39, 0.29) is 12.3 Å². The summed E-state index contributed by atoms with van der Waals surface area (Å²) in [6, 6.07) is 9.87. The highest BCUT2D eigenvalue weighted by Gasteiger charge is 2.44. The molecule has 184 valence electrons. The van der Waals surface area contributed by atoms with Gasteiger partial charge in [0.05, 0.1) is 11.8 Å². The van der Waals surface area contributed by atoms with Crippen LogP contribution in [0.5, 0.6) is 0 Å². The molecule has 3 aliphatic rings. The van der Waals surface area contributed by atoms with E-state index < -0.39 is 29.9 Å². The van der Waals surface area contributed by atoms with Crippen molar-refractivity contribution < 1.29 is 32.4 Å². The number of rotatable bonds is 4. The first-order chi connectivity index (χ1) is 16.2. The van der Waals surface area contributed by atoms with Gasteiger partial charge >= 0.3 is 12.1 Å². The molecule has 0 spiro atoms. The molecule has 4 rings (SSSR count). The SMILES string of the molecule is O=C(NOC(=O)C(F)(F)F)[C@H]1CC(=CC2CC2)CC[C@@H]1C(=O)N1CCN(c2ccccc2)CC1. The van der Waals surface area contributed by atoms with Crippen LogP contribution in [0.2, 0.25) is 0 Å². The molecule has 2 amide bonds. The van der Waals surface area contributed by atoms with Gasteiger partial charge in [-0.1, -0.05) is 29.8 Å². The Hall–Kier alpha value is -3.04. The van der Waals surface area contributed by atoms with Crippen LogP contribution < -0.4 is 10.4 Å². The summed E-state index contributed by atoms with van der Waals surface area (Å²) in [6.07, 6.45) is 0.429. The van der Waals surface area contributed by atoms with Gasteiger partial charge in [-0.25, -0.2) is 4.79 Å². The Labute approximate surface area is 195 Å². The van der Waals surface area contributed by atoms with Crippen LogP contribution in [-0.2, 0) is 19.2 Å². The number of para-hydroxylation sites is 1. The Bertz CT molecular complexity index is 939. The van der Waals surface area contributed by atoms with Gasteiger partial charge in [0.2, 0.25) is 5.91 Å². The predicted octanol–water partition coefficient (Wildman–Crippen LogP) is 3.22. The highest BCUT2D eigenvalue weighted by atomic mass is 19.4. The van der Waals surface area contributed by atoms with E-state index in [1.165, 1.54) is 0 Å². The fourth-order valence-corrected chi connectivity index (χ4v) is 4.68. The third-order valence-electron chi connectivity index (χ3n) is 6.68. The molecule has 1 aromatic carbocycles. The maximum atomic E-state index is 13.4. The molecule has 1 heterocycles. The summed E-state index contributed by atoms with van der Waals surface area (Å²) in [5.41, 5.74) is 3.76. The largest absolute Gasteiger partial charge is 0.493 e. The van der Waals surface area contributed by atoms with Crippen molar-refractivity contribution in [3.05, 3.63) is 42.0 Å². The molecule has 0 radical (unpaired) electrons. The Morgan fingerprint density at radius 3 is 2.26 bits per heavy atom. The number of carbonyl (C=O) groups is 3. The zero-order valence-corrected chi connectivity index (χ0v) is 18.7. The lowest BCUT2D eigenvalue weighted by Crippen LogP contribution is -2.53. The molecule has 2 atom stereocenters. The maximum Gasteiger partial charge on any atom is 0.493 e. The van der Waals surface area contributed by atoms with Crippen LogP contribution in [0, 0.1) is 17.8 Å². The van der Waals surface area contributed by atoms with E-state index in [0.717, 1.165) is 24.1 Å². The van der Waals surface area contributed by atoms with Crippen molar-refractivity contribution in [3.63, 3.8) is 0 Å². The maximum absolute atomic E-state index is 13.4. The smallest absolute Gasteiger partial charge is 0.368 e. The van der Waals surface area contributed by atoms with E-state index in [4.69, 9.17) is 0 Å². The second-order valence-electron chi connectivity index (χ2n) is 9.12. The van der Waals surface area contributed by atoms with Crippen molar-refractivity contribution in [2.75, 3.05) is 31.1 Å². The minimum absolute atomic E-state index is 0.180.